The van der Waals surface area contributed by atoms with Crippen LogP contribution in [0.15, 0.2) is 60.7 Å². The first-order valence-electron chi connectivity index (χ1n) is 6.27. The molecule has 0 saturated heterocycles. The third-order valence-electron chi connectivity index (χ3n) is 3.35. The highest BCUT2D eigenvalue weighted by Crippen LogP contribution is 2.28. The van der Waals surface area contributed by atoms with Gasteiger partial charge in [-0.3, -0.25) is 0 Å². The number of hydrogen-bond acceptors (Lipinski definition) is 1. The summed E-state index contributed by atoms with van der Waals surface area (Å²) in [5.74, 6) is -0.288. The Hall–Kier alpha value is -1.46. The van der Waals surface area contributed by atoms with Crippen molar-refractivity contribution in [2.24, 2.45) is 0 Å². The van der Waals surface area contributed by atoms with E-state index in [9.17, 15) is 9.50 Å². The molecule has 3 aromatic carbocycles. The van der Waals surface area contributed by atoms with Crippen LogP contribution in [0.2, 0.25) is 0 Å². The van der Waals surface area contributed by atoms with Gasteiger partial charge in [-0.1, -0.05) is 42.5 Å². The lowest BCUT2D eigenvalue weighted by Crippen LogP contribution is -2.02. The van der Waals surface area contributed by atoms with Crippen LogP contribution in [-0.2, 0) is 0 Å². The summed E-state index contributed by atoms with van der Waals surface area (Å²) >= 11 is 2.05. The summed E-state index contributed by atoms with van der Waals surface area (Å²) in [7, 11) is 0. The monoisotopic (exact) mass is 378 g/mol. The van der Waals surface area contributed by atoms with E-state index in [0.717, 1.165) is 25.5 Å². The molecule has 20 heavy (non-hydrogen) atoms. The summed E-state index contributed by atoms with van der Waals surface area (Å²) in [6.07, 6.45) is -0.743. The third-order valence-corrected chi connectivity index (χ3v) is 4.28. The van der Waals surface area contributed by atoms with Crippen molar-refractivity contribution in [1.29, 1.82) is 0 Å². The molecule has 0 fully saturated rings. The number of halogens is 2. The molecular formula is C17H12FIO. The molecular weight excluding hydrogens is 366 g/mol. The van der Waals surface area contributed by atoms with Crippen molar-refractivity contribution in [2.75, 3.05) is 0 Å². The fourth-order valence-corrected chi connectivity index (χ4v) is 3.05. The van der Waals surface area contributed by atoms with Crippen molar-refractivity contribution in [3.63, 3.8) is 0 Å². The Labute approximate surface area is 130 Å². The summed E-state index contributed by atoms with van der Waals surface area (Å²) in [5, 5.41) is 12.7. The second-order valence-corrected chi connectivity index (χ2v) is 5.84. The van der Waals surface area contributed by atoms with Crippen molar-refractivity contribution in [3.05, 3.63) is 81.2 Å². The van der Waals surface area contributed by atoms with Gasteiger partial charge in [-0.2, -0.15) is 0 Å². The maximum absolute atomic E-state index is 13.1. The molecule has 3 heteroatoms. The van der Waals surface area contributed by atoms with Gasteiger partial charge in [0.15, 0.2) is 0 Å². The van der Waals surface area contributed by atoms with Crippen molar-refractivity contribution in [1.82, 2.24) is 0 Å². The lowest BCUT2D eigenvalue weighted by molar-refractivity contribution is 0.219. The van der Waals surface area contributed by atoms with E-state index >= 15 is 0 Å². The normalized spacial score (nSPS) is 12.6. The number of aliphatic hydroxyl groups is 1. The number of rotatable bonds is 2. The molecule has 0 spiro atoms. The van der Waals surface area contributed by atoms with E-state index in [2.05, 4.69) is 0 Å². The lowest BCUT2D eigenvalue weighted by atomic mass is 9.98. The lowest BCUT2D eigenvalue weighted by Gasteiger charge is -2.14. The average Bonchev–Trinajstić information content (AvgIpc) is 2.46. The van der Waals surface area contributed by atoms with Gasteiger partial charge in [0.25, 0.3) is 0 Å². The van der Waals surface area contributed by atoms with Crippen molar-refractivity contribution in [3.8, 4) is 0 Å². The highest BCUT2D eigenvalue weighted by Gasteiger charge is 2.14. The zero-order valence-electron chi connectivity index (χ0n) is 10.6. The van der Waals surface area contributed by atoms with Crippen molar-refractivity contribution < 1.29 is 9.50 Å². The fraction of sp³-hybridized carbons (Fsp3) is 0.0588. The van der Waals surface area contributed by atoms with Crippen LogP contribution >= 0.6 is 22.6 Å². The molecule has 1 atom stereocenters. The van der Waals surface area contributed by atoms with Gasteiger partial charge in [-0.15, -0.1) is 0 Å². The predicted octanol–water partition coefficient (Wildman–Crippen LogP) is 4.67. The van der Waals surface area contributed by atoms with Gasteiger partial charge < -0.3 is 5.11 Å². The van der Waals surface area contributed by atoms with E-state index < -0.39 is 6.10 Å². The largest absolute Gasteiger partial charge is 0.384 e. The highest BCUT2D eigenvalue weighted by molar-refractivity contribution is 14.1. The van der Waals surface area contributed by atoms with Gasteiger partial charge in [0.1, 0.15) is 11.9 Å². The first-order chi connectivity index (χ1) is 9.65. The molecule has 100 valence electrons. The molecule has 0 aliphatic rings. The molecule has 0 heterocycles. The molecule has 0 saturated carbocycles. The minimum atomic E-state index is -0.743. The molecule has 3 rings (SSSR count). The number of benzene rings is 3. The van der Waals surface area contributed by atoms with E-state index in [0.29, 0.717) is 0 Å². The summed E-state index contributed by atoms with van der Waals surface area (Å²) < 4.78 is 13.9. The minimum Gasteiger partial charge on any atom is -0.384 e. The van der Waals surface area contributed by atoms with Crippen LogP contribution in [0.25, 0.3) is 10.8 Å². The van der Waals surface area contributed by atoms with Crippen molar-refractivity contribution in [2.45, 2.75) is 6.10 Å². The van der Waals surface area contributed by atoms with Crippen LogP contribution in [0.3, 0.4) is 0 Å². The Morgan fingerprint density at radius 3 is 2.40 bits per heavy atom. The van der Waals surface area contributed by atoms with Crippen LogP contribution < -0.4 is 0 Å². The number of fused-ring (bicyclic) bond motifs is 1. The van der Waals surface area contributed by atoms with Crippen LogP contribution in [-0.4, -0.2) is 5.11 Å². The molecule has 0 aromatic heterocycles. The minimum absolute atomic E-state index is 0.288. The first kappa shape index (κ1) is 13.5. The predicted molar refractivity (Wildman–Crippen MR) is 87.1 cm³/mol. The Balaban J connectivity index is 2.05. The van der Waals surface area contributed by atoms with E-state index in [-0.39, 0.29) is 5.82 Å². The molecule has 0 bridgehead atoms. The Kier molecular flexibility index (Phi) is 3.72. The summed E-state index contributed by atoms with van der Waals surface area (Å²) in [6.45, 7) is 0. The SMILES string of the molecule is OC(c1ccc2ccccc2c1)c1ccc(F)cc1I. The average molecular weight is 378 g/mol. The van der Waals surface area contributed by atoms with Gasteiger partial charge in [0.2, 0.25) is 0 Å². The zero-order valence-corrected chi connectivity index (χ0v) is 12.7. The molecule has 0 amide bonds. The van der Waals surface area contributed by atoms with Crippen LogP contribution in [0, 0.1) is 9.39 Å². The zero-order chi connectivity index (χ0) is 14.1. The molecule has 1 nitrogen and oxygen atoms in total. The van der Waals surface area contributed by atoms with Gasteiger partial charge in [-0.05, 0) is 62.7 Å². The van der Waals surface area contributed by atoms with E-state index in [1.807, 2.05) is 65.1 Å². The summed E-state index contributed by atoms with van der Waals surface area (Å²) in [5.41, 5.74) is 1.54. The summed E-state index contributed by atoms with van der Waals surface area (Å²) in [6, 6.07) is 18.3. The second kappa shape index (κ2) is 5.50. The maximum atomic E-state index is 13.1. The Morgan fingerprint density at radius 1 is 0.900 bits per heavy atom. The fourth-order valence-electron chi connectivity index (χ4n) is 2.28. The smallest absolute Gasteiger partial charge is 0.124 e. The van der Waals surface area contributed by atoms with E-state index in [1.165, 1.54) is 12.1 Å². The molecule has 1 unspecified atom stereocenters. The number of hydrogen-bond donors (Lipinski definition) is 1. The molecule has 3 aromatic rings. The van der Waals surface area contributed by atoms with Gasteiger partial charge >= 0.3 is 0 Å². The van der Waals surface area contributed by atoms with Gasteiger partial charge in [0.05, 0.1) is 0 Å². The van der Waals surface area contributed by atoms with Crippen LogP contribution in [0.1, 0.15) is 17.2 Å². The topological polar surface area (TPSA) is 20.2 Å². The van der Waals surface area contributed by atoms with E-state index in [1.54, 1.807) is 6.07 Å². The standard InChI is InChI=1S/C17H12FIO/c18-14-7-8-15(16(19)10-14)17(20)13-6-5-11-3-1-2-4-12(11)9-13/h1-10,17,20H. The quantitative estimate of drug-likeness (QED) is 0.643. The molecule has 0 aliphatic heterocycles. The van der Waals surface area contributed by atoms with Crippen LogP contribution in [0.4, 0.5) is 4.39 Å². The molecule has 0 radical (unpaired) electrons. The van der Waals surface area contributed by atoms with E-state index in [4.69, 9.17) is 0 Å². The van der Waals surface area contributed by atoms with Crippen LogP contribution in [0.5, 0.6) is 0 Å². The third kappa shape index (κ3) is 2.55. The maximum Gasteiger partial charge on any atom is 0.124 e. The Morgan fingerprint density at radius 2 is 1.65 bits per heavy atom. The highest BCUT2D eigenvalue weighted by atomic mass is 127. The van der Waals surface area contributed by atoms with Crippen molar-refractivity contribution >= 4 is 33.4 Å². The Bertz CT molecular complexity index is 770. The molecule has 0 aliphatic carbocycles. The van der Waals surface area contributed by atoms with Gasteiger partial charge in [0, 0.05) is 3.57 Å². The first-order valence-corrected chi connectivity index (χ1v) is 7.35. The molecule has 1 N–H and O–H groups in total. The van der Waals surface area contributed by atoms with Gasteiger partial charge in [-0.25, -0.2) is 4.39 Å². The second-order valence-electron chi connectivity index (χ2n) is 4.67. The number of aliphatic hydroxyl groups excluding tert-OH is 1. The summed E-state index contributed by atoms with van der Waals surface area (Å²) in [4.78, 5) is 0.